The van der Waals surface area contributed by atoms with Crippen molar-refractivity contribution in [2.24, 2.45) is 5.92 Å². The van der Waals surface area contributed by atoms with E-state index >= 15 is 0 Å². The molecule has 0 saturated heterocycles. The number of phenolic OH excluding ortho intramolecular Hbond substituents is 1. The smallest absolute Gasteiger partial charge is 0.143 e. The molecule has 4 heteroatoms. The summed E-state index contributed by atoms with van der Waals surface area (Å²) in [6, 6.07) is 12.6. The van der Waals surface area contributed by atoms with Crippen LogP contribution in [0.4, 0.5) is 0 Å². The quantitative estimate of drug-likeness (QED) is 0.504. The van der Waals surface area contributed by atoms with E-state index in [1.807, 2.05) is 36.4 Å². The Bertz CT molecular complexity index is 791. The Kier molecular flexibility index (Phi) is 7.16. The maximum absolute atomic E-state index is 12.0. The summed E-state index contributed by atoms with van der Waals surface area (Å²) in [5.74, 6) is -0.401. The average Bonchev–Trinajstić information content (AvgIpc) is 2.65. The Morgan fingerprint density at radius 3 is 2.15 bits per heavy atom. The summed E-state index contributed by atoms with van der Waals surface area (Å²) < 4.78 is 0. The van der Waals surface area contributed by atoms with Gasteiger partial charge in [0.25, 0.3) is 0 Å². The maximum Gasteiger partial charge on any atom is 0.143 e. The van der Waals surface area contributed by atoms with Gasteiger partial charge in [0.2, 0.25) is 0 Å². The standard InChI is InChI=1S/C22H23ClO3/c1-3-21(25)19(22(26)4-2)13-16-7-5-15(6-8-16)9-10-17-11-12-18(24)14-20(17)23/h5-12,14,19,24H,3-4,13H2,1-2H3/b10-9+. The molecule has 1 N–H and O–H groups in total. The number of carbonyl (C=O) groups is 2. The molecule has 0 fully saturated rings. The Balaban J connectivity index is 2.10. The zero-order chi connectivity index (χ0) is 19.1. The first-order chi connectivity index (χ1) is 12.4. The van der Waals surface area contributed by atoms with Crippen molar-refractivity contribution in [3.8, 4) is 5.75 Å². The minimum Gasteiger partial charge on any atom is -0.508 e. The summed E-state index contributed by atoms with van der Waals surface area (Å²) in [5.41, 5.74) is 2.77. The molecule has 0 aliphatic carbocycles. The first-order valence-corrected chi connectivity index (χ1v) is 9.13. The fraction of sp³-hybridized carbons (Fsp3) is 0.273. The van der Waals surface area contributed by atoms with Crippen LogP contribution in [0, 0.1) is 5.92 Å². The molecule has 0 heterocycles. The first kappa shape index (κ1) is 19.9. The van der Waals surface area contributed by atoms with E-state index in [0.717, 1.165) is 16.7 Å². The topological polar surface area (TPSA) is 54.4 Å². The number of benzene rings is 2. The summed E-state index contributed by atoms with van der Waals surface area (Å²) in [6.45, 7) is 3.58. The highest BCUT2D eigenvalue weighted by atomic mass is 35.5. The fourth-order valence-electron chi connectivity index (χ4n) is 2.74. The third-order valence-electron chi connectivity index (χ3n) is 4.33. The number of carbonyl (C=O) groups excluding carboxylic acids is 2. The Morgan fingerprint density at radius 2 is 1.62 bits per heavy atom. The molecule has 136 valence electrons. The van der Waals surface area contributed by atoms with Crippen LogP contribution in [0.5, 0.6) is 5.75 Å². The van der Waals surface area contributed by atoms with Crippen LogP contribution >= 0.6 is 11.6 Å². The molecule has 0 amide bonds. The second kappa shape index (κ2) is 9.35. The van der Waals surface area contributed by atoms with Crippen molar-refractivity contribution in [2.75, 3.05) is 0 Å². The zero-order valence-corrected chi connectivity index (χ0v) is 15.8. The minimum atomic E-state index is -0.540. The molecule has 0 aliphatic rings. The monoisotopic (exact) mass is 370 g/mol. The van der Waals surface area contributed by atoms with Gasteiger partial charge in [-0.2, -0.15) is 0 Å². The van der Waals surface area contributed by atoms with E-state index in [-0.39, 0.29) is 17.3 Å². The molecular formula is C22H23ClO3. The van der Waals surface area contributed by atoms with Crippen molar-refractivity contribution in [1.82, 2.24) is 0 Å². The van der Waals surface area contributed by atoms with E-state index in [9.17, 15) is 14.7 Å². The largest absolute Gasteiger partial charge is 0.508 e. The zero-order valence-electron chi connectivity index (χ0n) is 15.0. The van der Waals surface area contributed by atoms with Gasteiger partial charge in [-0.25, -0.2) is 0 Å². The van der Waals surface area contributed by atoms with Gasteiger partial charge in [-0.1, -0.05) is 61.9 Å². The highest BCUT2D eigenvalue weighted by Gasteiger charge is 2.23. The molecule has 3 nitrogen and oxygen atoms in total. The van der Waals surface area contributed by atoms with Crippen molar-refractivity contribution in [3.63, 3.8) is 0 Å². The van der Waals surface area contributed by atoms with E-state index in [1.54, 1.807) is 26.0 Å². The predicted molar refractivity (Wildman–Crippen MR) is 106 cm³/mol. The van der Waals surface area contributed by atoms with Gasteiger partial charge in [0.05, 0.1) is 10.9 Å². The van der Waals surface area contributed by atoms with Gasteiger partial charge in [0, 0.05) is 12.8 Å². The van der Waals surface area contributed by atoms with Gasteiger partial charge < -0.3 is 5.11 Å². The summed E-state index contributed by atoms with van der Waals surface area (Å²) in [7, 11) is 0. The molecule has 0 bridgehead atoms. The summed E-state index contributed by atoms with van der Waals surface area (Å²) in [5, 5.41) is 9.87. The van der Waals surface area contributed by atoms with Crippen LogP contribution in [0.2, 0.25) is 5.02 Å². The van der Waals surface area contributed by atoms with Crippen LogP contribution in [0.1, 0.15) is 43.4 Å². The maximum atomic E-state index is 12.0. The number of halogens is 1. The van der Waals surface area contributed by atoms with Crippen LogP contribution in [0.25, 0.3) is 12.2 Å². The molecule has 0 unspecified atom stereocenters. The normalized spacial score (nSPS) is 11.2. The van der Waals surface area contributed by atoms with Gasteiger partial charge in [-0.05, 0) is 41.3 Å². The molecule has 2 aromatic rings. The second-order valence-corrected chi connectivity index (χ2v) is 6.58. The highest BCUT2D eigenvalue weighted by Crippen LogP contribution is 2.23. The van der Waals surface area contributed by atoms with E-state index < -0.39 is 5.92 Å². The van der Waals surface area contributed by atoms with Crippen LogP contribution in [-0.2, 0) is 16.0 Å². The molecule has 0 atom stereocenters. The Hall–Kier alpha value is -2.39. The Morgan fingerprint density at radius 1 is 1.00 bits per heavy atom. The molecule has 26 heavy (non-hydrogen) atoms. The molecule has 0 radical (unpaired) electrons. The van der Waals surface area contributed by atoms with E-state index in [2.05, 4.69) is 0 Å². The summed E-state index contributed by atoms with van der Waals surface area (Å²) in [4.78, 5) is 24.1. The van der Waals surface area contributed by atoms with E-state index in [4.69, 9.17) is 11.6 Å². The first-order valence-electron chi connectivity index (χ1n) is 8.75. The fourth-order valence-corrected chi connectivity index (χ4v) is 2.98. The van der Waals surface area contributed by atoms with Crippen molar-refractivity contribution >= 4 is 35.3 Å². The lowest BCUT2D eigenvalue weighted by Gasteiger charge is -2.13. The number of hydrogen-bond donors (Lipinski definition) is 1. The van der Waals surface area contributed by atoms with E-state index in [0.29, 0.717) is 24.3 Å². The van der Waals surface area contributed by atoms with Gasteiger partial charge in [0.15, 0.2) is 0 Å². The van der Waals surface area contributed by atoms with E-state index in [1.165, 1.54) is 6.07 Å². The summed E-state index contributed by atoms with van der Waals surface area (Å²) >= 11 is 6.09. The lowest BCUT2D eigenvalue weighted by Crippen LogP contribution is -2.25. The SMILES string of the molecule is CCC(=O)C(Cc1ccc(/C=C/c2ccc(O)cc2Cl)cc1)C(=O)CC. The molecule has 0 aromatic heterocycles. The lowest BCUT2D eigenvalue weighted by atomic mass is 9.89. The van der Waals surface area contributed by atoms with Gasteiger partial charge in [-0.15, -0.1) is 0 Å². The van der Waals surface area contributed by atoms with Crippen LogP contribution in [0.15, 0.2) is 42.5 Å². The lowest BCUT2D eigenvalue weighted by molar-refractivity contribution is -0.132. The van der Waals surface area contributed by atoms with Gasteiger partial charge in [0.1, 0.15) is 17.3 Å². The number of phenols is 1. The Labute approximate surface area is 159 Å². The third kappa shape index (κ3) is 5.30. The highest BCUT2D eigenvalue weighted by molar-refractivity contribution is 6.32. The van der Waals surface area contributed by atoms with Crippen LogP contribution in [-0.4, -0.2) is 16.7 Å². The van der Waals surface area contributed by atoms with Crippen LogP contribution < -0.4 is 0 Å². The van der Waals surface area contributed by atoms with Crippen molar-refractivity contribution in [2.45, 2.75) is 33.1 Å². The predicted octanol–water partition coefficient (Wildman–Crippen LogP) is 5.33. The van der Waals surface area contributed by atoms with Crippen molar-refractivity contribution in [3.05, 3.63) is 64.2 Å². The second-order valence-electron chi connectivity index (χ2n) is 6.18. The number of ketones is 2. The molecule has 2 aromatic carbocycles. The van der Waals surface area contributed by atoms with Gasteiger partial charge >= 0.3 is 0 Å². The number of aromatic hydroxyl groups is 1. The molecule has 0 spiro atoms. The molecular weight excluding hydrogens is 348 g/mol. The van der Waals surface area contributed by atoms with Crippen LogP contribution in [0.3, 0.4) is 0 Å². The molecule has 0 aliphatic heterocycles. The number of rotatable bonds is 8. The number of Topliss-reactive ketones (excluding diaryl/α,β-unsaturated/α-hetero) is 2. The number of hydrogen-bond acceptors (Lipinski definition) is 3. The molecule has 2 rings (SSSR count). The van der Waals surface area contributed by atoms with Gasteiger partial charge in [-0.3, -0.25) is 9.59 Å². The summed E-state index contributed by atoms with van der Waals surface area (Å²) in [6.07, 6.45) is 5.01. The molecule has 0 saturated carbocycles. The minimum absolute atomic E-state index is 0.00259. The van der Waals surface area contributed by atoms with Crippen molar-refractivity contribution in [1.29, 1.82) is 0 Å². The average molecular weight is 371 g/mol. The van der Waals surface area contributed by atoms with Crippen molar-refractivity contribution < 1.29 is 14.7 Å². The third-order valence-corrected chi connectivity index (χ3v) is 4.66.